The molecule has 1 amide bonds. The van der Waals surface area contributed by atoms with Gasteiger partial charge < -0.3 is 0 Å². The lowest BCUT2D eigenvalue weighted by molar-refractivity contribution is -0.852. The van der Waals surface area contributed by atoms with Gasteiger partial charge in [0.05, 0.1) is 18.2 Å². The zero-order chi connectivity index (χ0) is 23.5. The van der Waals surface area contributed by atoms with Crippen molar-refractivity contribution in [3.63, 3.8) is 0 Å². The van der Waals surface area contributed by atoms with Crippen molar-refractivity contribution in [1.29, 1.82) is 0 Å². The van der Waals surface area contributed by atoms with Gasteiger partial charge in [0.2, 0.25) is 5.82 Å². The van der Waals surface area contributed by atoms with Gasteiger partial charge in [-0.2, -0.15) is 36.8 Å². The molecule has 2 heterocycles. The third-order valence-electron chi connectivity index (χ3n) is 4.09. The summed E-state index contributed by atoms with van der Waals surface area (Å²) in [7, 11) is 1.63. The van der Waals surface area contributed by atoms with E-state index in [1.54, 1.807) is 31.4 Å². The molecule has 7 nitrogen and oxygen atoms in total. The molecule has 0 saturated carbocycles. The summed E-state index contributed by atoms with van der Waals surface area (Å²) >= 11 is 0. The lowest BCUT2D eigenvalue weighted by Gasteiger charge is -2.13. The molecule has 0 bridgehead atoms. The molecule has 0 aliphatic rings. The average Bonchev–Trinajstić information content (AvgIpc) is 3.20. The van der Waals surface area contributed by atoms with Gasteiger partial charge in [-0.1, -0.05) is 6.07 Å². The maximum atomic E-state index is 13.0. The van der Waals surface area contributed by atoms with Gasteiger partial charge in [0.1, 0.15) is 6.33 Å². The van der Waals surface area contributed by atoms with E-state index >= 15 is 0 Å². The average molecular weight is 457 g/mol. The van der Waals surface area contributed by atoms with Gasteiger partial charge in [0.15, 0.2) is 5.82 Å². The maximum absolute atomic E-state index is 13.0. The molecule has 1 aromatic carbocycles. The molecule has 2 N–H and O–H groups in total. The SMILES string of the molecule is C[NH+](NC(=O)C=Cn1cnc(-c2cc(C(F)(F)F)cc(C(F)(F)F)c2)n1)c1ccccn1. The van der Waals surface area contributed by atoms with Crippen LogP contribution in [0.4, 0.5) is 32.2 Å². The van der Waals surface area contributed by atoms with Crippen LogP contribution in [0.5, 0.6) is 0 Å². The largest absolute Gasteiger partial charge is 0.416 e. The molecule has 0 aliphatic heterocycles. The Kier molecular flexibility index (Phi) is 6.30. The van der Waals surface area contributed by atoms with Crippen LogP contribution in [-0.2, 0) is 17.1 Å². The van der Waals surface area contributed by atoms with Crippen LogP contribution in [-0.4, -0.2) is 32.7 Å². The van der Waals surface area contributed by atoms with Gasteiger partial charge in [-0.25, -0.2) is 14.6 Å². The summed E-state index contributed by atoms with van der Waals surface area (Å²) < 4.78 is 79.1. The zero-order valence-corrected chi connectivity index (χ0v) is 16.2. The molecule has 1 atom stereocenters. The number of pyridine rings is 1. The maximum Gasteiger partial charge on any atom is 0.416 e. The summed E-state index contributed by atoms with van der Waals surface area (Å²) in [5.41, 5.74) is -0.855. The molecule has 0 radical (unpaired) electrons. The standard InChI is InChI=1S/C19H14F6N6O/c1-30(15-4-2-3-6-26-15)28-16(32)5-7-31-11-27-17(29-31)12-8-13(18(20,21)22)10-14(9-12)19(23,24)25/h2-11H,1H3,(H,28,32)/p+1. The van der Waals surface area contributed by atoms with Crippen LogP contribution in [0.2, 0.25) is 0 Å². The lowest BCUT2D eigenvalue weighted by atomic mass is 10.0. The molecule has 13 heteroatoms. The first-order chi connectivity index (χ1) is 14.9. The van der Waals surface area contributed by atoms with Crippen molar-refractivity contribution >= 4 is 17.9 Å². The summed E-state index contributed by atoms with van der Waals surface area (Å²) in [6.45, 7) is 0. The Labute approximate surface area is 177 Å². The number of aromatic nitrogens is 4. The number of carbonyl (C=O) groups is 1. The fourth-order valence-corrected chi connectivity index (χ4v) is 2.58. The Balaban J connectivity index is 1.79. The molecule has 0 aliphatic carbocycles. The van der Waals surface area contributed by atoms with E-state index in [9.17, 15) is 31.1 Å². The molecule has 0 saturated heterocycles. The molecular weight excluding hydrogens is 442 g/mol. The number of carbonyl (C=O) groups excluding carboxylic acids is 1. The van der Waals surface area contributed by atoms with Gasteiger partial charge in [0.25, 0.3) is 5.91 Å². The van der Waals surface area contributed by atoms with Gasteiger partial charge in [-0.15, -0.1) is 5.10 Å². The summed E-state index contributed by atoms with van der Waals surface area (Å²) in [4.78, 5) is 19.8. The second-order valence-electron chi connectivity index (χ2n) is 6.49. The van der Waals surface area contributed by atoms with Crippen LogP contribution in [0.25, 0.3) is 17.6 Å². The van der Waals surface area contributed by atoms with Gasteiger partial charge in [-0.05, 0) is 24.3 Å². The highest BCUT2D eigenvalue weighted by atomic mass is 19.4. The summed E-state index contributed by atoms with van der Waals surface area (Å²) in [6.07, 6.45) is -5.16. The lowest BCUT2D eigenvalue weighted by Crippen LogP contribution is -3.12. The normalized spacial score (nSPS) is 13.3. The first-order valence-electron chi connectivity index (χ1n) is 8.88. The van der Waals surface area contributed by atoms with E-state index in [1.165, 1.54) is 0 Å². The van der Waals surface area contributed by atoms with Crippen LogP contribution >= 0.6 is 0 Å². The van der Waals surface area contributed by atoms with Crippen molar-refractivity contribution in [3.05, 3.63) is 66.1 Å². The minimum absolute atomic E-state index is 0.0190. The Morgan fingerprint density at radius 1 is 1.03 bits per heavy atom. The quantitative estimate of drug-likeness (QED) is 0.351. The minimum atomic E-state index is -4.99. The number of rotatable bonds is 5. The summed E-state index contributed by atoms with van der Waals surface area (Å²) in [5, 5.41) is 4.30. The molecule has 168 valence electrons. The van der Waals surface area contributed by atoms with E-state index in [0.717, 1.165) is 23.3 Å². The van der Waals surface area contributed by atoms with Crippen LogP contribution in [0.1, 0.15) is 11.1 Å². The topological polar surface area (TPSA) is 77.1 Å². The predicted octanol–water partition coefficient (Wildman–Crippen LogP) is 2.73. The Morgan fingerprint density at radius 2 is 1.69 bits per heavy atom. The van der Waals surface area contributed by atoms with E-state index in [1.807, 2.05) is 0 Å². The number of halogens is 6. The predicted molar refractivity (Wildman–Crippen MR) is 99.7 cm³/mol. The highest BCUT2D eigenvalue weighted by Gasteiger charge is 2.37. The van der Waals surface area contributed by atoms with Crippen molar-refractivity contribution in [1.82, 2.24) is 25.2 Å². The number of quaternary nitrogens is 1. The van der Waals surface area contributed by atoms with E-state index < -0.39 is 35.0 Å². The number of hydrogen-bond acceptors (Lipinski definition) is 4. The van der Waals surface area contributed by atoms with Crippen molar-refractivity contribution in [2.45, 2.75) is 12.4 Å². The molecule has 1 unspecified atom stereocenters. The highest BCUT2D eigenvalue weighted by Crippen LogP contribution is 2.37. The molecule has 3 rings (SSSR count). The second kappa shape index (κ2) is 8.78. The first-order valence-corrected chi connectivity index (χ1v) is 8.88. The fourth-order valence-electron chi connectivity index (χ4n) is 2.58. The smallest absolute Gasteiger partial charge is 0.265 e. The summed E-state index contributed by atoms with van der Waals surface area (Å²) in [5.74, 6) is -0.381. The third-order valence-corrected chi connectivity index (χ3v) is 4.09. The fraction of sp³-hybridized carbons (Fsp3) is 0.158. The van der Waals surface area contributed by atoms with Crippen molar-refractivity contribution in [3.8, 4) is 11.4 Å². The first kappa shape index (κ1) is 22.9. The molecular formula is C19H15F6N6O+. The van der Waals surface area contributed by atoms with Crippen LogP contribution in [0, 0.1) is 0 Å². The number of benzene rings is 1. The van der Waals surface area contributed by atoms with Crippen LogP contribution in [0.15, 0.2) is 55.0 Å². The Hall–Kier alpha value is -3.74. The van der Waals surface area contributed by atoms with E-state index in [0.29, 0.717) is 23.0 Å². The zero-order valence-electron chi connectivity index (χ0n) is 16.2. The van der Waals surface area contributed by atoms with E-state index in [-0.39, 0.29) is 11.9 Å². The second-order valence-corrected chi connectivity index (χ2v) is 6.49. The van der Waals surface area contributed by atoms with Crippen molar-refractivity contribution < 1.29 is 36.1 Å². The monoisotopic (exact) mass is 457 g/mol. The third kappa shape index (κ3) is 5.69. The number of nitrogens with one attached hydrogen (secondary N) is 2. The number of amides is 1. The molecule has 0 spiro atoms. The summed E-state index contributed by atoms with van der Waals surface area (Å²) in [6, 6.07) is 6.21. The van der Waals surface area contributed by atoms with Crippen molar-refractivity contribution in [2.75, 3.05) is 7.05 Å². The van der Waals surface area contributed by atoms with E-state index in [2.05, 4.69) is 20.5 Å². The number of hydrogen-bond donors (Lipinski definition) is 2. The van der Waals surface area contributed by atoms with Gasteiger partial charge >= 0.3 is 12.4 Å². The van der Waals surface area contributed by atoms with Gasteiger partial charge in [-0.3, -0.25) is 4.79 Å². The molecule has 3 aromatic rings. The minimum Gasteiger partial charge on any atom is -0.265 e. The Bertz CT molecular complexity index is 1090. The Morgan fingerprint density at radius 3 is 2.25 bits per heavy atom. The van der Waals surface area contributed by atoms with Crippen LogP contribution in [0.3, 0.4) is 0 Å². The number of nitrogens with zero attached hydrogens (tertiary/aromatic N) is 4. The molecule has 32 heavy (non-hydrogen) atoms. The number of alkyl halides is 6. The van der Waals surface area contributed by atoms with Gasteiger partial charge in [0, 0.05) is 30.1 Å². The molecule has 0 fully saturated rings. The van der Waals surface area contributed by atoms with E-state index in [4.69, 9.17) is 0 Å². The van der Waals surface area contributed by atoms with Crippen LogP contribution < -0.4 is 10.4 Å². The highest BCUT2D eigenvalue weighted by molar-refractivity contribution is 5.89. The van der Waals surface area contributed by atoms with Crippen molar-refractivity contribution in [2.24, 2.45) is 0 Å². The molecule has 2 aromatic heterocycles.